The standard InChI is InChI=1S/C75H90Cl2F3N13O10/c1-89(2)43-66-84-41-63(91(66)4)48-21-28-56(29-22-48)103-64-38-52(77)25-20-49(64)42-93-62(17-12-33-81-53-26-30-55(31-27-53)102-45-59-70(97)69(96)58(40-83-59)87-74-82-34-32-65(88-74)75(78,79)80)71(98)86-60(44-101-6)73(100)90(3)54(36-47-18-23-51(76)24-19-47)39-67(94)85-57-15-10-11-16-61(57)92(5)72(99)50(37-68(93)95)35-46-13-8-7-9-14-46/h7-9,13-14,18-32,34,38,41,50,54,57-62,69-70,81,83,96-97H,10-12,15-17,33,35-37,39-40,42-45H2,1-6H3,(H,85,94)(H,86,98)(H,82,87,88)/t50-,54+,57+,58+,59-,60+,61+,62+,69-,70+/m1/s1. The molecule has 0 radical (unpaired) electrons. The van der Waals surface area contributed by atoms with Gasteiger partial charge in [-0.05, 0) is 143 Å². The number of hydrogen-bond acceptors (Lipinski definition) is 17. The summed E-state index contributed by atoms with van der Waals surface area (Å²) in [7, 11) is 10.6. The number of imidazole rings is 1. The van der Waals surface area contributed by atoms with Crippen LogP contribution in [0.25, 0.3) is 11.3 Å². The van der Waals surface area contributed by atoms with Gasteiger partial charge in [-0.25, -0.2) is 15.0 Å². The molecule has 5 amide bonds. The van der Waals surface area contributed by atoms with E-state index in [2.05, 4.69) is 41.5 Å². The van der Waals surface area contributed by atoms with Crippen molar-refractivity contribution in [1.82, 2.24) is 55.1 Å². The second-order valence-corrected chi connectivity index (χ2v) is 27.8. The summed E-state index contributed by atoms with van der Waals surface area (Å²) in [5.41, 5.74) is 3.35. The van der Waals surface area contributed by atoms with E-state index in [4.69, 9.17) is 37.4 Å². The van der Waals surface area contributed by atoms with E-state index in [1.54, 1.807) is 73.6 Å². The SMILES string of the molecule is COC[C@@H]1NC(=O)[C@H](CCCNc2ccc(OC[C@H]3NC[C@H](Nc4nccc(C(F)(F)F)n4)[C@@H](O)[C@H]3O)cc2)N(Cc2ccc(Cl)cc2Oc2ccc(-c3cnc(CN(C)C)n3C)cc2)C(=O)C[C@@H](Cc2ccccc2)C(=O)N(C)[C@H]2CCCC[C@@H]2NC(=O)C[C@H](Cc2ccc(Cl)cc2)N(C)C1=O. The molecule has 2 aliphatic heterocycles. The molecule has 5 aromatic carbocycles. The Hall–Kier alpha value is -8.89. The van der Waals surface area contributed by atoms with Crippen molar-refractivity contribution < 1.29 is 61.6 Å². The number of rotatable bonds is 23. The van der Waals surface area contributed by atoms with E-state index in [-0.39, 0.29) is 94.9 Å². The van der Waals surface area contributed by atoms with Crippen LogP contribution in [0.1, 0.15) is 79.6 Å². The number of carbonyl (C=O) groups excluding carboxylic acids is 5. The van der Waals surface area contributed by atoms with E-state index in [9.17, 15) is 28.2 Å². The molecular weight excluding hydrogens is 1370 g/mol. The first-order chi connectivity index (χ1) is 49.4. The summed E-state index contributed by atoms with van der Waals surface area (Å²) in [6, 6.07) is 30.7. The largest absolute Gasteiger partial charge is 0.492 e. The fourth-order valence-electron chi connectivity index (χ4n) is 13.6. The first-order valence-corrected chi connectivity index (χ1v) is 35.3. The number of fused-ring (bicyclic) bond motifs is 1. The van der Waals surface area contributed by atoms with Crippen LogP contribution in [0.4, 0.5) is 24.8 Å². The third-order valence-corrected chi connectivity index (χ3v) is 19.7. The molecule has 103 heavy (non-hydrogen) atoms. The summed E-state index contributed by atoms with van der Waals surface area (Å²) in [5, 5.41) is 38.4. The fraction of sp³-hybridized carbons (Fsp3) is 0.440. The predicted octanol–water partition coefficient (Wildman–Crippen LogP) is 8.94. The molecule has 3 aliphatic rings. The number of benzene rings is 5. The minimum atomic E-state index is -4.71. The van der Waals surface area contributed by atoms with Gasteiger partial charge in [-0.1, -0.05) is 84.6 Å². The number of hydrogen-bond donors (Lipinski definition) is 7. The Morgan fingerprint density at radius 2 is 1.47 bits per heavy atom. The Kier molecular flexibility index (Phi) is 26.5. The quantitative estimate of drug-likeness (QED) is 0.0295. The van der Waals surface area contributed by atoms with Crippen LogP contribution in [0.3, 0.4) is 0 Å². The van der Waals surface area contributed by atoms with Crippen molar-refractivity contribution in [3.8, 4) is 28.5 Å². The van der Waals surface area contributed by atoms with Crippen LogP contribution < -0.4 is 36.1 Å². The number of carbonyl (C=O) groups is 5. The maximum absolute atomic E-state index is 16.1. The molecule has 0 unspecified atom stereocenters. The van der Waals surface area contributed by atoms with Crippen LogP contribution in [0.2, 0.25) is 10.0 Å². The molecule has 1 saturated carbocycles. The normalized spacial score (nSPS) is 22.8. The smallest absolute Gasteiger partial charge is 0.433 e. The number of aromatic nitrogens is 4. The third-order valence-electron chi connectivity index (χ3n) is 19.3. The Morgan fingerprint density at radius 1 is 0.757 bits per heavy atom. The summed E-state index contributed by atoms with van der Waals surface area (Å²) < 4.78 is 60.5. The van der Waals surface area contributed by atoms with Crippen molar-refractivity contribution in [2.75, 3.05) is 72.2 Å². The van der Waals surface area contributed by atoms with Crippen molar-refractivity contribution in [2.24, 2.45) is 13.0 Å². The number of nitrogens with zero attached hydrogens (tertiary/aromatic N) is 8. The number of halogens is 5. The Bertz CT molecular complexity index is 3990. The van der Waals surface area contributed by atoms with Crippen molar-refractivity contribution in [2.45, 2.75) is 138 Å². The molecule has 23 nitrogen and oxygen atoms in total. The molecular formula is C75H90Cl2F3N13O10. The molecule has 1 aliphatic carbocycles. The zero-order valence-corrected chi connectivity index (χ0v) is 60.0. The number of anilines is 2. The number of amides is 5. The molecule has 7 aromatic rings. The third kappa shape index (κ3) is 20.5. The van der Waals surface area contributed by atoms with Crippen LogP contribution in [0.15, 0.2) is 140 Å². The number of likely N-dealkylation sites (N-methyl/N-ethyl adjacent to an activating group) is 2. The molecule has 0 bridgehead atoms. The molecule has 10 rings (SSSR count). The lowest BCUT2D eigenvalue weighted by molar-refractivity contribution is -0.148. The van der Waals surface area contributed by atoms with Crippen molar-refractivity contribution in [3.05, 3.63) is 178 Å². The summed E-state index contributed by atoms with van der Waals surface area (Å²) >= 11 is 13.1. The van der Waals surface area contributed by atoms with Crippen molar-refractivity contribution >= 4 is 64.4 Å². The predicted molar refractivity (Wildman–Crippen MR) is 385 cm³/mol. The Labute approximate surface area is 607 Å². The van der Waals surface area contributed by atoms with Gasteiger partial charge < -0.3 is 75.2 Å². The summed E-state index contributed by atoms with van der Waals surface area (Å²) in [4.78, 5) is 96.0. The van der Waals surface area contributed by atoms with E-state index in [0.29, 0.717) is 52.2 Å². The fourth-order valence-corrected chi connectivity index (χ4v) is 13.8. The zero-order valence-electron chi connectivity index (χ0n) is 58.5. The monoisotopic (exact) mass is 1460 g/mol. The molecule has 10 atom stereocenters. The molecule has 2 saturated heterocycles. The first kappa shape index (κ1) is 76.7. The highest BCUT2D eigenvalue weighted by molar-refractivity contribution is 6.31. The molecule has 0 spiro atoms. The number of aliphatic hydroxyl groups is 2. The molecule has 3 fully saturated rings. The van der Waals surface area contributed by atoms with Crippen LogP contribution in [0.5, 0.6) is 17.2 Å². The number of methoxy groups -OCH3 is 1. The number of alkyl halides is 3. The van der Waals surface area contributed by atoms with Gasteiger partial charge in [0.1, 0.15) is 59.7 Å². The van der Waals surface area contributed by atoms with Gasteiger partial charge >= 0.3 is 6.18 Å². The van der Waals surface area contributed by atoms with Gasteiger partial charge in [0.05, 0.1) is 55.6 Å². The summed E-state index contributed by atoms with van der Waals surface area (Å²) in [6.07, 6.45) is -1.79. The number of aliphatic hydroxyl groups excluding tert-OH is 2. The van der Waals surface area contributed by atoms with E-state index in [1.165, 1.54) is 16.9 Å². The van der Waals surface area contributed by atoms with Gasteiger partial charge in [0.15, 0.2) is 0 Å². The highest BCUT2D eigenvalue weighted by atomic mass is 35.5. The molecule has 4 heterocycles. The average molecular weight is 1460 g/mol. The topological polar surface area (TPSA) is 270 Å². The summed E-state index contributed by atoms with van der Waals surface area (Å²) in [5.74, 6) is -1.71. The molecule has 7 N–H and O–H groups in total. The van der Waals surface area contributed by atoms with Gasteiger partial charge in [-0.2, -0.15) is 13.2 Å². The maximum Gasteiger partial charge on any atom is 0.433 e. The average Bonchev–Trinajstić information content (AvgIpc) is 1.53. The minimum Gasteiger partial charge on any atom is -0.492 e. The lowest BCUT2D eigenvalue weighted by Crippen LogP contribution is -2.63. The number of piperidine rings is 1. The van der Waals surface area contributed by atoms with Gasteiger partial charge in [-0.15, -0.1) is 0 Å². The van der Waals surface area contributed by atoms with Gasteiger partial charge in [0, 0.05) is 99.3 Å². The van der Waals surface area contributed by atoms with Gasteiger partial charge in [0.25, 0.3) is 0 Å². The number of ether oxygens (including phenoxy) is 3. The van der Waals surface area contributed by atoms with E-state index >= 15 is 19.2 Å². The highest BCUT2D eigenvalue weighted by Gasteiger charge is 2.42. The van der Waals surface area contributed by atoms with Crippen molar-refractivity contribution in [3.63, 3.8) is 0 Å². The lowest BCUT2D eigenvalue weighted by atomic mass is 9.87. The van der Waals surface area contributed by atoms with E-state index in [0.717, 1.165) is 53.3 Å². The van der Waals surface area contributed by atoms with Crippen LogP contribution in [-0.2, 0) is 67.9 Å². The van der Waals surface area contributed by atoms with E-state index in [1.807, 2.05) is 104 Å². The Morgan fingerprint density at radius 3 is 2.18 bits per heavy atom. The minimum absolute atomic E-state index is 0.0112. The Balaban J connectivity index is 0.956. The highest BCUT2D eigenvalue weighted by Crippen LogP contribution is 2.35. The maximum atomic E-state index is 16.1. The van der Waals surface area contributed by atoms with Crippen LogP contribution in [-0.4, -0.2) is 195 Å². The van der Waals surface area contributed by atoms with Gasteiger partial charge in [-0.3, -0.25) is 24.0 Å². The van der Waals surface area contributed by atoms with Crippen molar-refractivity contribution in [1.29, 1.82) is 0 Å². The molecule has 2 aromatic heterocycles. The van der Waals surface area contributed by atoms with Crippen LogP contribution in [0, 0.1) is 5.92 Å². The molecule has 28 heteroatoms. The van der Waals surface area contributed by atoms with Crippen LogP contribution >= 0.6 is 23.2 Å². The van der Waals surface area contributed by atoms with Gasteiger partial charge in [0.2, 0.25) is 35.5 Å². The number of nitrogens with one attached hydrogen (secondary N) is 5. The second kappa shape index (κ2) is 35.5. The van der Waals surface area contributed by atoms with E-state index < -0.39 is 90.0 Å². The summed E-state index contributed by atoms with van der Waals surface area (Å²) in [6.45, 7) is 0.320. The first-order valence-electron chi connectivity index (χ1n) is 34.5. The molecule has 550 valence electrons. The zero-order chi connectivity index (χ0) is 73.5. The second-order valence-electron chi connectivity index (χ2n) is 26.9. The lowest BCUT2D eigenvalue weighted by Gasteiger charge is -2.40.